The predicted molar refractivity (Wildman–Crippen MR) is 131 cm³/mol. The maximum absolute atomic E-state index is 7.92. The third-order valence-corrected chi connectivity index (χ3v) is 6.09. The van der Waals surface area contributed by atoms with Gasteiger partial charge in [-0.3, -0.25) is 5.41 Å². The molecule has 1 aliphatic rings. The van der Waals surface area contributed by atoms with Gasteiger partial charge in [0.15, 0.2) is 11.5 Å². The van der Waals surface area contributed by atoms with Crippen LogP contribution in [0.4, 0.5) is 11.5 Å². The van der Waals surface area contributed by atoms with Gasteiger partial charge in [0, 0.05) is 36.8 Å². The molecule has 0 aliphatic carbocycles. The molecule has 174 valence electrons. The van der Waals surface area contributed by atoms with Gasteiger partial charge in [-0.25, -0.2) is 9.97 Å². The van der Waals surface area contributed by atoms with Gasteiger partial charge in [0.1, 0.15) is 24.9 Å². The van der Waals surface area contributed by atoms with Crippen LogP contribution in [0.25, 0.3) is 10.9 Å². The number of rotatable bonds is 6. The zero-order valence-electron chi connectivity index (χ0n) is 18.4. The van der Waals surface area contributed by atoms with Crippen molar-refractivity contribution < 1.29 is 14.2 Å². The Hall–Kier alpha value is -2.81. The summed E-state index contributed by atoms with van der Waals surface area (Å²) in [6.45, 7) is 4.20. The van der Waals surface area contributed by atoms with Gasteiger partial charge in [-0.05, 0) is 37.6 Å². The average molecular weight is 490 g/mol. The third kappa shape index (κ3) is 5.58. The van der Waals surface area contributed by atoms with Crippen molar-refractivity contribution in [2.75, 3.05) is 38.7 Å². The summed E-state index contributed by atoms with van der Waals surface area (Å²) in [5.74, 6) is 2.26. The molecule has 1 fully saturated rings. The number of aromatic nitrogens is 2. The van der Waals surface area contributed by atoms with Gasteiger partial charge in [0.2, 0.25) is 0 Å². The van der Waals surface area contributed by atoms with Crippen molar-refractivity contribution in [1.29, 1.82) is 5.41 Å². The van der Waals surface area contributed by atoms with Crippen LogP contribution in [0.15, 0.2) is 36.7 Å². The number of halogens is 2. The highest BCUT2D eigenvalue weighted by atomic mass is 35.5. The third-order valence-electron chi connectivity index (χ3n) is 5.35. The van der Waals surface area contributed by atoms with Crippen molar-refractivity contribution in [3.05, 3.63) is 46.7 Å². The number of anilines is 2. The summed E-state index contributed by atoms with van der Waals surface area (Å²) in [5.41, 5.74) is 1.45. The minimum absolute atomic E-state index is 0.148. The summed E-state index contributed by atoms with van der Waals surface area (Å²) in [6.07, 6.45) is 2.22. The molecule has 0 saturated carbocycles. The van der Waals surface area contributed by atoms with Crippen molar-refractivity contribution in [3.63, 3.8) is 0 Å². The zero-order chi connectivity index (χ0) is 23.4. The number of amidine groups is 1. The van der Waals surface area contributed by atoms with Gasteiger partial charge < -0.3 is 24.4 Å². The van der Waals surface area contributed by atoms with Crippen LogP contribution in [-0.4, -0.2) is 60.2 Å². The normalized spacial score (nSPS) is 16.4. The molecular formula is C23H25Cl2N5O3. The molecule has 2 heterocycles. The van der Waals surface area contributed by atoms with Crippen LogP contribution in [0.3, 0.4) is 0 Å². The van der Waals surface area contributed by atoms with E-state index in [1.165, 1.54) is 6.33 Å². The first-order valence-corrected chi connectivity index (χ1v) is 11.3. The first kappa shape index (κ1) is 23.4. The molecule has 0 spiro atoms. The lowest BCUT2D eigenvalue weighted by Gasteiger charge is -2.24. The molecule has 1 aliphatic heterocycles. The van der Waals surface area contributed by atoms with E-state index in [0.717, 1.165) is 24.0 Å². The van der Waals surface area contributed by atoms with E-state index in [0.29, 0.717) is 58.5 Å². The first-order chi connectivity index (χ1) is 15.9. The predicted octanol–water partition coefficient (Wildman–Crippen LogP) is 5.16. The van der Waals surface area contributed by atoms with Gasteiger partial charge in [-0.2, -0.15) is 0 Å². The van der Waals surface area contributed by atoms with E-state index in [-0.39, 0.29) is 6.10 Å². The first-order valence-electron chi connectivity index (χ1n) is 10.5. The monoisotopic (exact) mass is 489 g/mol. The van der Waals surface area contributed by atoms with E-state index in [9.17, 15) is 0 Å². The lowest BCUT2D eigenvalue weighted by molar-refractivity contribution is 0.0258. The molecule has 0 radical (unpaired) electrons. The van der Waals surface area contributed by atoms with Crippen LogP contribution in [0, 0.1) is 5.41 Å². The molecule has 4 rings (SSSR count). The Bertz CT molecular complexity index is 1160. The Labute approximate surface area is 202 Å². The summed E-state index contributed by atoms with van der Waals surface area (Å²) >= 11 is 12.2. The second kappa shape index (κ2) is 10.4. The van der Waals surface area contributed by atoms with Crippen molar-refractivity contribution in [2.24, 2.45) is 0 Å². The Balaban J connectivity index is 1.56. The highest BCUT2D eigenvalue weighted by Gasteiger charge is 2.21. The standard InChI is InChI=1S/C23H25Cl2N5O3/c1-14(26)30-6-3-7-32-16(11-30)12-33-22-10-20-17(9-21(22)31-2)23(28-13-27-20)29-15-4-5-18(24)19(25)8-15/h4-5,8-10,13,16,26H,3,6-7,11-12H2,1-2H3,(H,27,28,29). The molecule has 2 aromatic carbocycles. The van der Waals surface area contributed by atoms with Crippen molar-refractivity contribution >= 4 is 51.4 Å². The number of ether oxygens (including phenoxy) is 3. The lowest BCUT2D eigenvalue weighted by atomic mass is 10.2. The summed E-state index contributed by atoms with van der Waals surface area (Å²) in [6, 6.07) is 8.94. The van der Waals surface area contributed by atoms with Crippen molar-refractivity contribution in [1.82, 2.24) is 14.9 Å². The maximum Gasteiger partial charge on any atom is 0.163 e. The molecule has 2 N–H and O–H groups in total. The minimum Gasteiger partial charge on any atom is -0.493 e. The minimum atomic E-state index is -0.148. The summed E-state index contributed by atoms with van der Waals surface area (Å²) < 4.78 is 17.6. The fraction of sp³-hybridized carbons (Fsp3) is 0.348. The number of nitrogens with zero attached hydrogens (tertiary/aromatic N) is 3. The molecule has 33 heavy (non-hydrogen) atoms. The van der Waals surface area contributed by atoms with Gasteiger partial charge in [-0.1, -0.05) is 23.2 Å². The largest absolute Gasteiger partial charge is 0.493 e. The second-order valence-electron chi connectivity index (χ2n) is 7.69. The Morgan fingerprint density at radius 1 is 1.21 bits per heavy atom. The smallest absolute Gasteiger partial charge is 0.163 e. The molecule has 3 aromatic rings. The summed E-state index contributed by atoms with van der Waals surface area (Å²) in [7, 11) is 1.59. The number of benzene rings is 2. The number of nitrogens with one attached hydrogen (secondary N) is 2. The molecule has 1 aromatic heterocycles. The SMILES string of the molecule is COc1cc2c(Nc3ccc(Cl)c(Cl)c3)ncnc2cc1OCC1CN(C(C)=N)CCCO1. The molecule has 10 heteroatoms. The van der Waals surface area contributed by atoms with E-state index < -0.39 is 0 Å². The molecular weight excluding hydrogens is 465 g/mol. The van der Waals surface area contributed by atoms with E-state index in [1.807, 2.05) is 23.1 Å². The molecule has 0 bridgehead atoms. The topological polar surface area (TPSA) is 92.6 Å². The van der Waals surface area contributed by atoms with Gasteiger partial charge in [-0.15, -0.1) is 0 Å². The maximum atomic E-state index is 7.92. The molecule has 1 saturated heterocycles. The Morgan fingerprint density at radius 2 is 2.06 bits per heavy atom. The Kier molecular flexibility index (Phi) is 7.37. The summed E-state index contributed by atoms with van der Waals surface area (Å²) in [4.78, 5) is 10.8. The van der Waals surface area contributed by atoms with E-state index in [4.69, 9.17) is 42.8 Å². The number of methoxy groups -OCH3 is 1. The average Bonchev–Trinajstić information content (AvgIpc) is 3.06. The van der Waals surface area contributed by atoms with Crippen LogP contribution in [0.1, 0.15) is 13.3 Å². The van der Waals surface area contributed by atoms with Crippen LogP contribution < -0.4 is 14.8 Å². The van der Waals surface area contributed by atoms with Crippen LogP contribution >= 0.6 is 23.2 Å². The van der Waals surface area contributed by atoms with E-state index in [2.05, 4.69) is 15.3 Å². The molecule has 8 nitrogen and oxygen atoms in total. The quantitative estimate of drug-likeness (QED) is 0.365. The van der Waals surface area contributed by atoms with Gasteiger partial charge >= 0.3 is 0 Å². The molecule has 1 unspecified atom stereocenters. The molecule has 1 atom stereocenters. The van der Waals surface area contributed by atoms with Gasteiger partial charge in [0.05, 0.1) is 28.5 Å². The van der Waals surface area contributed by atoms with Crippen LogP contribution in [0.5, 0.6) is 11.5 Å². The van der Waals surface area contributed by atoms with E-state index in [1.54, 1.807) is 26.2 Å². The fourth-order valence-corrected chi connectivity index (χ4v) is 3.93. The Morgan fingerprint density at radius 3 is 2.82 bits per heavy atom. The zero-order valence-corrected chi connectivity index (χ0v) is 19.9. The lowest BCUT2D eigenvalue weighted by Crippen LogP contribution is -2.37. The van der Waals surface area contributed by atoms with Gasteiger partial charge in [0.25, 0.3) is 0 Å². The molecule has 0 amide bonds. The number of fused-ring (bicyclic) bond motifs is 1. The number of hydrogen-bond acceptors (Lipinski definition) is 7. The van der Waals surface area contributed by atoms with Crippen molar-refractivity contribution in [2.45, 2.75) is 19.4 Å². The second-order valence-corrected chi connectivity index (χ2v) is 8.50. The fourth-order valence-electron chi connectivity index (χ4n) is 3.63. The van der Waals surface area contributed by atoms with Crippen molar-refractivity contribution in [3.8, 4) is 11.5 Å². The van der Waals surface area contributed by atoms with Crippen LogP contribution in [0.2, 0.25) is 10.0 Å². The number of hydrogen-bond donors (Lipinski definition) is 2. The highest BCUT2D eigenvalue weighted by Crippen LogP contribution is 2.35. The van der Waals surface area contributed by atoms with Crippen LogP contribution in [-0.2, 0) is 4.74 Å². The summed E-state index contributed by atoms with van der Waals surface area (Å²) in [5, 5.41) is 12.9. The van der Waals surface area contributed by atoms with E-state index >= 15 is 0 Å². The highest BCUT2D eigenvalue weighted by molar-refractivity contribution is 6.42.